The van der Waals surface area contributed by atoms with Gasteiger partial charge >= 0.3 is 5.97 Å². The van der Waals surface area contributed by atoms with Crippen LogP contribution in [0, 0.1) is 0 Å². The van der Waals surface area contributed by atoms with Gasteiger partial charge in [-0.1, -0.05) is 391 Å². The van der Waals surface area contributed by atoms with E-state index >= 15 is 0 Å². The Hall–Kier alpha value is -1.66. The Morgan fingerprint density at radius 2 is 0.595 bits per heavy atom. The first-order valence-electron chi connectivity index (χ1n) is 38.6. The molecular weight excluding hydrogens is 1030 g/mol. The SMILES string of the molecule is CCCCCC/C=C\C/C=C\CCCCCCCC(=O)OCCCCCCCCCCCCCCCCCCCCCCCCCCCCCCCC(=O)NC(CO)C(O)CCCCCCCCCCCCCCCCCCCCCCCC. The van der Waals surface area contributed by atoms with Crippen LogP contribution in [0.4, 0.5) is 0 Å². The first-order valence-corrected chi connectivity index (χ1v) is 38.6. The lowest BCUT2D eigenvalue weighted by Crippen LogP contribution is -2.45. The Morgan fingerprint density at radius 1 is 0.333 bits per heavy atom. The normalized spacial score (nSPS) is 12.6. The van der Waals surface area contributed by atoms with E-state index < -0.39 is 12.1 Å². The van der Waals surface area contributed by atoms with Crippen molar-refractivity contribution in [1.29, 1.82) is 0 Å². The number of esters is 1. The van der Waals surface area contributed by atoms with Crippen molar-refractivity contribution in [3.8, 4) is 0 Å². The first-order chi connectivity index (χ1) is 41.5. The number of carbonyl (C=O) groups excluding carboxylic acids is 2. The van der Waals surface area contributed by atoms with Crippen molar-refractivity contribution in [2.75, 3.05) is 13.2 Å². The Kier molecular flexibility index (Phi) is 72.3. The van der Waals surface area contributed by atoms with Crippen LogP contribution in [0.1, 0.15) is 438 Å². The Morgan fingerprint density at radius 3 is 0.917 bits per heavy atom. The molecule has 0 saturated heterocycles. The molecule has 0 aliphatic carbocycles. The molecule has 0 aliphatic rings. The fourth-order valence-corrected chi connectivity index (χ4v) is 12.4. The van der Waals surface area contributed by atoms with Gasteiger partial charge in [0.15, 0.2) is 0 Å². The molecule has 498 valence electrons. The van der Waals surface area contributed by atoms with Crippen molar-refractivity contribution in [1.82, 2.24) is 5.32 Å². The van der Waals surface area contributed by atoms with E-state index in [4.69, 9.17) is 4.74 Å². The van der Waals surface area contributed by atoms with E-state index in [2.05, 4.69) is 43.5 Å². The molecule has 84 heavy (non-hydrogen) atoms. The van der Waals surface area contributed by atoms with Gasteiger partial charge in [0.25, 0.3) is 0 Å². The minimum absolute atomic E-state index is 0.00699. The topological polar surface area (TPSA) is 95.9 Å². The van der Waals surface area contributed by atoms with E-state index in [1.54, 1.807) is 0 Å². The van der Waals surface area contributed by atoms with Crippen LogP contribution in [0.3, 0.4) is 0 Å². The van der Waals surface area contributed by atoms with E-state index in [9.17, 15) is 19.8 Å². The molecule has 0 spiro atoms. The van der Waals surface area contributed by atoms with Crippen molar-refractivity contribution in [2.45, 2.75) is 450 Å². The molecule has 0 saturated carbocycles. The minimum Gasteiger partial charge on any atom is -0.466 e. The molecule has 0 fully saturated rings. The maximum atomic E-state index is 12.6. The molecule has 0 aromatic carbocycles. The molecule has 6 nitrogen and oxygen atoms in total. The smallest absolute Gasteiger partial charge is 0.305 e. The fourth-order valence-electron chi connectivity index (χ4n) is 12.4. The van der Waals surface area contributed by atoms with Gasteiger partial charge in [-0.3, -0.25) is 9.59 Å². The minimum atomic E-state index is -0.663. The van der Waals surface area contributed by atoms with Crippen molar-refractivity contribution in [3.63, 3.8) is 0 Å². The molecule has 0 rings (SSSR count). The number of hydrogen-bond donors (Lipinski definition) is 3. The monoisotopic (exact) mass is 1180 g/mol. The highest BCUT2D eigenvalue weighted by molar-refractivity contribution is 5.76. The Labute approximate surface area is 526 Å². The van der Waals surface area contributed by atoms with E-state index in [1.807, 2.05) is 0 Å². The second kappa shape index (κ2) is 73.8. The zero-order chi connectivity index (χ0) is 60.6. The van der Waals surface area contributed by atoms with Crippen LogP contribution in [0.5, 0.6) is 0 Å². The van der Waals surface area contributed by atoms with Crippen LogP contribution >= 0.6 is 0 Å². The third kappa shape index (κ3) is 69.4. The predicted molar refractivity (Wildman–Crippen MR) is 370 cm³/mol. The average Bonchev–Trinajstić information content (AvgIpc) is 3.51. The molecular formula is C78H151NO5. The number of nitrogens with one attached hydrogen (secondary N) is 1. The van der Waals surface area contributed by atoms with Gasteiger partial charge < -0.3 is 20.3 Å². The number of ether oxygens (including phenoxy) is 1. The highest BCUT2D eigenvalue weighted by Crippen LogP contribution is 2.20. The molecule has 6 heteroatoms. The predicted octanol–water partition coefficient (Wildman–Crippen LogP) is 25.3. The van der Waals surface area contributed by atoms with E-state index in [-0.39, 0.29) is 18.5 Å². The molecule has 0 bridgehead atoms. The summed E-state index contributed by atoms with van der Waals surface area (Å²) in [5.74, 6) is -0.0192. The molecule has 3 N–H and O–H groups in total. The molecule has 0 aromatic heterocycles. The Balaban J connectivity index is 3.34. The van der Waals surface area contributed by atoms with Crippen molar-refractivity contribution < 1.29 is 24.5 Å². The largest absolute Gasteiger partial charge is 0.466 e. The van der Waals surface area contributed by atoms with Crippen LogP contribution in [0.2, 0.25) is 0 Å². The summed E-state index contributed by atoms with van der Waals surface area (Å²) in [5.41, 5.74) is 0. The van der Waals surface area contributed by atoms with Crippen LogP contribution in [0.15, 0.2) is 24.3 Å². The van der Waals surface area contributed by atoms with Gasteiger partial charge in [0.2, 0.25) is 5.91 Å². The number of allylic oxidation sites excluding steroid dienone is 4. The van der Waals surface area contributed by atoms with Gasteiger partial charge in [0, 0.05) is 12.8 Å². The summed E-state index contributed by atoms with van der Waals surface area (Å²) in [6.07, 6.45) is 94.0. The van der Waals surface area contributed by atoms with E-state index in [0.717, 1.165) is 51.4 Å². The lowest BCUT2D eigenvalue weighted by Gasteiger charge is -2.22. The molecule has 0 aromatic rings. The summed E-state index contributed by atoms with van der Waals surface area (Å²) in [5, 5.41) is 23.5. The van der Waals surface area contributed by atoms with E-state index in [1.165, 1.54) is 353 Å². The highest BCUT2D eigenvalue weighted by Gasteiger charge is 2.20. The van der Waals surface area contributed by atoms with Gasteiger partial charge in [-0.15, -0.1) is 0 Å². The molecule has 2 unspecified atom stereocenters. The van der Waals surface area contributed by atoms with Crippen molar-refractivity contribution in [2.24, 2.45) is 0 Å². The van der Waals surface area contributed by atoms with Crippen LogP contribution < -0.4 is 5.32 Å². The molecule has 2 atom stereocenters. The van der Waals surface area contributed by atoms with Gasteiger partial charge in [-0.05, 0) is 57.8 Å². The van der Waals surface area contributed by atoms with Crippen molar-refractivity contribution >= 4 is 11.9 Å². The van der Waals surface area contributed by atoms with Crippen LogP contribution in [-0.2, 0) is 14.3 Å². The number of rotatable bonds is 73. The number of carbonyl (C=O) groups is 2. The molecule has 0 aliphatic heterocycles. The summed E-state index contributed by atoms with van der Waals surface area (Å²) in [6.45, 7) is 4.98. The summed E-state index contributed by atoms with van der Waals surface area (Å²) in [4.78, 5) is 24.7. The third-order valence-electron chi connectivity index (χ3n) is 18.3. The highest BCUT2D eigenvalue weighted by atomic mass is 16.5. The standard InChI is InChI=1S/C78H151NO5/c1-3-5-7-9-11-13-15-17-19-21-22-23-33-36-39-42-46-50-54-58-62-66-70-76(81)75(74-80)79-77(82)71-67-63-59-55-51-47-43-40-37-34-31-29-27-25-24-26-28-30-32-35-38-41-45-49-53-57-61-65-69-73-84-78(83)72-68-64-60-56-52-48-44-20-18-16-14-12-10-8-6-4-2/h14,16,20,44,75-76,80-81H,3-13,15,17-19,21-43,45-74H2,1-2H3,(H,79,82)/b16-14-,44-20-. The van der Waals surface area contributed by atoms with E-state index in [0.29, 0.717) is 25.9 Å². The first kappa shape index (κ1) is 82.3. The zero-order valence-electron chi connectivity index (χ0n) is 57.2. The number of aliphatic hydroxyl groups is 2. The summed E-state index contributed by atoms with van der Waals surface area (Å²) >= 11 is 0. The summed E-state index contributed by atoms with van der Waals surface area (Å²) in [6, 6.07) is -0.540. The third-order valence-corrected chi connectivity index (χ3v) is 18.3. The van der Waals surface area contributed by atoms with Gasteiger partial charge in [-0.25, -0.2) is 0 Å². The quantitative estimate of drug-likeness (QED) is 0.0320. The molecule has 0 heterocycles. The lowest BCUT2D eigenvalue weighted by molar-refractivity contribution is -0.143. The number of aliphatic hydroxyl groups excluding tert-OH is 2. The lowest BCUT2D eigenvalue weighted by atomic mass is 10.0. The average molecular weight is 1180 g/mol. The van der Waals surface area contributed by atoms with Gasteiger partial charge in [0.1, 0.15) is 0 Å². The van der Waals surface area contributed by atoms with Gasteiger partial charge in [0.05, 0.1) is 25.4 Å². The molecule has 1 amide bonds. The molecule has 0 radical (unpaired) electrons. The number of unbranched alkanes of at least 4 members (excludes halogenated alkanes) is 58. The zero-order valence-corrected chi connectivity index (χ0v) is 57.2. The maximum absolute atomic E-state index is 12.6. The summed E-state index contributed by atoms with van der Waals surface area (Å²) in [7, 11) is 0. The maximum Gasteiger partial charge on any atom is 0.305 e. The van der Waals surface area contributed by atoms with Gasteiger partial charge in [-0.2, -0.15) is 0 Å². The Bertz CT molecular complexity index is 1320. The fraction of sp³-hybridized carbons (Fsp3) is 0.923. The number of hydrogen-bond acceptors (Lipinski definition) is 5. The summed E-state index contributed by atoms with van der Waals surface area (Å²) < 4.78 is 5.50. The van der Waals surface area contributed by atoms with Crippen LogP contribution in [0.25, 0.3) is 0 Å². The van der Waals surface area contributed by atoms with Crippen molar-refractivity contribution in [3.05, 3.63) is 24.3 Å². The number of amides is 1. The second-order valence-corrected chi connectivity index (χ2v) is 26.7. The second-order valence-electron chi connectivity index (χ2n) is 26.7. The van der Waals surface area contributed by atoms with Crippen LogP contribution in [-0.4, -0.2) is 47.4 Å².